The zero-order valence-electron chi connectivity index (χ0n) is 3.81. The fraction of sp³-hybridized carbons (Fsp3) is 0.250. The average molecular weight is 73.0 g/mol. The van der Waals surface area contributed by atoms with E-state index in [4.69, 9.17) is 0 Å². The van der Waals surface area contributed by atoms with Gasteiger partial charge in [-0.2, -0.15) is 0 Å². The fourth-order valence-corrected chi connectivity index (χ4v) is 0.264. The Balaban J connectivity index is 0.000000250. The molecule has 1 rings (SSSR count). The summed E-state index contributed by atoms with van der Waals surface area (Å²) in [6, 6.07) is 0. The van der Waals surface area contributed by atoms with Crippen LogP contribution in [-0.4, -0.2) is 12.8 Å². The third-order valence-corrected chi connectivity index (χ3v) is 0.480. The molecule has 0 unspecified atom stereocenters. The van der Waals surface area contributed by atoms with Gasteiger partial charge in [0.05, 0.1) is 0 Å². The number of aliphatic imine (C=N–C) groups is 1. The topological polar surface area (TPSA) is 12.4 Å². The van der Waals surface area contributed by atoms with Gasteiger partial charge in [-0.25, -0.2) is 6.08 Å². The van der Waals surface area contributed by atoms with E-state index in [2.05, 4.69) is 11.1 Å². The van der Waals surface area contributed by atoms with Crippen LogP contribution in [0.5, 0.6) is 0 Å². The maximum Gasteiger partial charge on any atom is 1.00 e. The van der Waals surface area contributed by atoms with Crippen LogP contribution < -0.4 is 18.9 Å². The number of rotatable bonds is 0. The molecular formula is C4H4LiN. The maximum atomic E-state index is 3.79. The molecule has 6 heavy (non-hydrogen) atoms. The molecule has 0 N–H and O–H groups in total. The summed E-state index contributed by atoms with van der Waals surface area (Å²) >= 11 is 0. The Hall–Kier alpha value is 0.00740. The van der Waals surface area contributed by atoms with E-state index in [-0.39, 0.29) is 18.9 Å². The molecule has 0 bridgehead atoms. The van der Waals surface area contributed by atoms with E-state index in [1.807, 2.05) is 6.08 Å². The van der Waals surface area contributed by atoms with Crippen molar-refractivity contribution in [3.63, 3.8) is 0 Å². The Bertz CT molecular complexity index is 65.6. The van der Waals surface area contributed by atoms with Gasteiger partial charge >= 0.3 is 18.9 Å². The first kappa shape index (κ1) is 6.01. The monoisotopic (exact) mass is 73.1 g/mol. The van der Waals surface area contributed by atoms with Crippen LogP contribution in [0.15, 0.2) is 11.1 Å². The molecular weight excluding hydrogens is 69.0 g/mol. The first-order chi connectivity index (χ1) is 2.50. The van der Waals surface area contributed by atoms with Crippen LogP contribution in [0.4, 0.5) is 0 Å². The second-order valence-corrected chi connectivity index (χ2v) is 0.861. The molecule has 26 valence electrons. The molecule has 1 heterocycles. The van der Waals surface area contributed by atoms with Gasteiger partial charge in [0.25, 0.3) is 0 Å². The summed E-state index contributed by atoms with van der Waals surface area (Å²) in [6.07, 6.45) is 6.44. The fourth-order valence-electron chi connectivity index (χ4n) is 0.264. The van der Waals surface area contributed by atoms with Gasteiger partial charge in [-0.1, -0.05) is 0 Å². The van der Waals surface area contributed by atoms with Crippen LogP contribution in [0.3, 0.4) is 0 Å². The van der Waals surface area contributed by atoms with Crippen molar-refractivity contribution in [1.82, 2.24) is 0 Å². The molecule has 0 fully saturated rings. The zero-order chi connectivity index (χ0) is 3.54. The van der Waals surface area contributed by atoms with E-state index < -0.39 is 0 Å². The van der Waals surface area contributed by atoms with Crippen molar-refractivity contribution in [3.05, 3.63) is 12.2 Å². The first-order valence-corrected chi connectivity index (χ1v) is 1.55. The predicted molar refractivity (Wildman–Crippen MR) is 21.2 cm³/mol. The zero-order valence-corrected chi connectivity index (χ0v) is 3.81. The van der Waals surface area contributed by atoms with Crippen molar-refractivity contribution in [1.29, 1.82) is 0 Å². The number of allylic oxidation sites excluding steroid dienone is 1. The minimum atomic E-state index is 0. The molecule has 0 saturated heterocycles. The molecule has 2 heteroatoms. The summed E-state index contributed by atoms with van der Waals surface area (Å²) < 4.78 is 0. The third kappa shape index (κ3) is 1.45. The van der Waals surface area contributed by atoms with Crippen molar-refractivity contribution in [3.8, 4) is 0 Å². The number of nitrogens with zero attached hydrogens (tertiary/aromatic N) is 1. The Morgan fingerprint density at radius 1 is 1.67 bits per heavy atom. The minimum Gasteiger partial charge on any atom is -0.401 e. The Morgan fingerprint density at radius 2 is 2.50 bits per heavy atom. The summed E-state index contributed by atoms with van der Waals surface area (Å²) in [4.78, 5) is 3.79. The smallest absolute Gasteiger partial charge is 0.401 e. The van der Waals surface area contributed by atoms with Crippen molar-refractivity contribution in [2.45, 2.75) is 0 Å². The summed E-state index contributed by atoms with van der Waals surface area (Å²) in [6.45, 7) is 0.764. The van der Waals surface area contributed by atoms with Gasteiger partial charge in [0.1, 0.15) is 0 Å². The van der Waals surface area contributed by atoms with Crippen molar-refractivity contribution in [2.24, 2.45) is 4.99 Å². The standard InChI is InChI=1S/C4H4N.Li/c1-2-4-5-3-1;/h1,3H,4H2;/q-1;+1. The molecule has 0 saturated carbocycles. The second-order valence-electron chi connectivity index (χ2n) is 0.861. The van der Waals surface area contributed by atoms with Crippen LogP contribution in [0, 0.1) is 6.08 Å². The van der Waals surface area contributed by atoms with Crippen LogP contribution in [0.2, 0.25) is 0 Å². The van der Waals surface area contributed by atoms with Crippen LogP contribution in [0.1, 0.15) is 0 Å². The largest absolute Gasteiger partial charge is 1.00 e. The molecule has 0 atom stereocenters. The molecule has 1 nitrogen and oxygen atoms in total. The van der Waals surface area contributed by atoms with Crippen molar-refractivity contribution in [2.75, 3.05) is 6.54 Å². The molecule has 0 spiro atoms. The van der Waals surface area contributed by atoms with E-state index >= 15 is 0 Å². The van der Waals surface area contributed by atoms with Gasteiger partial charge in [-0.15, -0.1) is 6.21 Å². The third-order valence-electron chi connectivity index (χ3n) is 0.480. The maximum absolute atomic E-state index is 3.79. The van der Waals surface area contributed by atoms with Gasteiger partial charge in [0.15, 0.2) is 0 Å². The number of hydrogen-bond donors (Lipinski definition) is 0. The molecule has 1 aliphatic heterocycles. The van der Waals surface area contributed by atoms with E-state index in [1.54, 1.807) is 6.21 Å². The molecule has 0 aromatic heterocycles. The van der Waals surface area contributed by atoms with Crippen LogP contribution in [-0.2, 0) is 0 Å². The summed E-state index contributed by atoms with van der Waals surface area (Å²) in [5.41, 5.74) is 0. The normalized spacial score (nSPS) is 14.7. The first-order valence-electron chi connectivity index (χ1n) is 1.55. The van der Waals surface area contributed by atoms with Gasteiger partial charge in [-0.3, -0.25) is 6.08 Å². The Morgan fingerprint density at radius 3 is 2.67 bits per heavy atom. The number of hydrogen-bond acceptors (Lipinski definition) is 1. The molecule has 0 aliphatic carbocycles. The minimum absolute atomic E-state index is 0. The van der Waals surface area contributed by atoms with E-state index in [0.29, 0.717) is 0 Å². The Kier molecular flexibility index (Phi) is 3.21. The molecule has 0 amide bonds. The second kappa shape index (κ2) is 3.21. The Labute approximate surface area is 49.3 Å². The predicted octanol–water partition coefficient (Wildman–Crippen LogP) is -2.57. The van der Waals surface area contributed by atoms with Crippen molar-refractivity contribution >= 4 is 6.21 Å². The van der Waals surface area contributed by atoms with E-state index in [1.165, 1.54) is 0 Å². The van der Waals surface area contributed by atoms with Gasteiger partial charge in [0.2, 0.25) is 0 Å². The quantitative estimate of drug-likeness (QED) is 0.221. The molecule has 1 aliphatic rings. The average Bonchev–Trinajstić information content (AvgIpc) is 1.76. The summed E-state index contributed by atoms with van der Waals surface area (Å²) in [7, 11) is 0. The SMILES string of the molecule is [C-]1=CC=NC1.[Li+]. The van der Waals surface area contributed by atoms with Gasteiger partial charge < -0.3 is 4.99 Å². The molecule has 0 aromatic carbocycles. The summed E-state index contributed by atoms with van der Waals surface area (Å²) in [5.74, 6) is 0. The summed E-state index contributed by atoms with van der Waals surface area (Å²) in [5, 5.41) is 0. The van der Waals surface area contributed by atoms with Crippen LogP contribution >= 0.6 is 0 Å². The molecule has 0 aromatic rings. The van der Waals surface area contributed by atoms with Crippen LogP contribution in [0.25, 0.3) is 0 Å². The van der Waals surface area contributed by atoms with Crippen molar-refractivity contribution < 1.29 is 18.9 Å². The van der Waals surface area contributed by atoms with E-state index in [0.717, 1.165) is 6.54 Å². The van der Waals surface area contributed by atoms with Gasteiger partial charge in [-0.05, 0) is 6.54 Å². The van der Waals surface area contributed by atoms with Gasteiger partial charge in [0, 0.05) is 0 Å². The van der Waals surface area contributed by atoms with E-state index in [9.17, 15) is 0 Å². The molecule has 0 radical (unpaired) electrons.